The quantitative estimate of drug-likeness (QED) is 0.538. The Bertz CT molecular complexity index is 120. The molecule has 0 spiro atoms. The first-order valence-corrected chi connectivity index (χ1v) is 6.27. The predicted octanol–water partition coefficient (Wildman–Crippen LogP) is 2.98. The lowest BCUT2D eigenvalue weighted by Crippen LogP contribution is -2.07. The topological polar surface area (TPSA) is 0 Å². The van der Waals surface area contributed by atoms with Crippen molar-refractivity contribution in [3.8, 4) is 0 Å². The van der Waals surface area contributed by atoms with Gasteiger partial charge in [-0.3, -0.25) is 0 Å². The average Bonchev–Trinajstić information content (AvgIpc) is 1.88. The van der Waals surface area contributed by atoms with E-state index in [1.807, 2.05) is 18.2 Å². The van der Waals surface area contributed by atoms with Crippen LogP contribution in [0.5, 0.6) is 0 Å². The maximum atomic E-state index is 3.76. The second kappa shape index (κ2) is 5.25. The van der Waals surface area contributed by atoms with Crippen LogP contribution in [0.3, 0.4) is 0 Å². The summed E-state index contributed by atoms with van der Waals surface area (Å²) in [4.78, 5) is 0. The Labute approximate surface area is 72.0 Å². The molecule has 11 heavy (non-hydrogen) atoms. The highest BCUT2D eigenvalue weighted by Crippen LogP contribution is 2.43. The van der Waals surface area contributed by atoms with Gasteiger partial charge in [0.1, 0.15) is 0 Å². The first-order chi connectivity index (χ1) is 5.18. The predicted molar refractivity (Wildman–Crippen MR) is 58.7 cm³/mol. The van der Waals surface area contributed by atoms with Gasteiger partial charge in [0, 0.05) is 0 Å². The van der Waals surface area contributed by atoms with Crippen molar-refractivity contribution >= 4 is 10.0 Å². The van der Waals surface area contributed by atoms with Crippen LogP contribution in [0.15, 0.2) is 38.0 Å². The first-order valence-electron chi connectivity index (χ1n) is 3.72. The lowest BCUT2D eigenvalue weighted by atomic mass is 10.7. The molecule has 0 N–H and O–H groups in total. The molecule has 0 fully saturated rings. The Morgan fingerprint density at radius 3 is 1.36 bits per heavy atom. The second-order valence-corrected chi connectivity index (χ2v) is 6.80. The summed E-state index contributed by atoms with van der Waals surface area (Å²) in [7, 11) is -0.543. The minimum Gasteiger partial charge on any atom is -0.233 e. The van der Waals surface area contributed by atoms with Gasteiger partial charge in [-0.2, -0.15) is 0 Å². The third-order valence-corrected chi connectivity index (χ3v) is 4.68. The van der Waals surface area contributed by atoms with Gasteiger partial charge in [-0.1, -0.05) is 18.2 Å². The third-order valence-electron chi connectivity index (χ3n) is 1.56. The largest absolute Gasteiger partial charge is 0.233 e. The molecular weight excluding hydrogens is 152 g/mol. The Morgan fingerprint density at radius 1 is 0.909 bits per heavy atom. The van der Waals surface area contributed by atoms with Crippen molar-refractivity contribution in [3.63, 3.8) is 0 Å². The van der Waals surface area contributed by atoms with Crippen molar-refractivity contribution in [2.45, 2.75) is 0 Å². The molecule has 0 atom stereocenters. The molecule has 0 aliphatic carbocycles. The molecule has 0 aromatic rings. The highest BCUT2D eigenvalue weighted by atomic mass is 32.3. The van der Waals surface area contributed by atoms with Crippen LogP contribution in [-0.2, 0) is 0 Å². The molecule has 64 valence electrons. The van der Waals surface area contributed by atoms with E-state index in [0.717, 1.165) is 17.3 Å². The zero-order valence-corrected chi connectivity index (χ0v) is 8.20. The van der Waals surface area contributed by atoms with Crippen LogP contribution < -0.4 is 0 Å². The van der Waals surface area contributed by atoms with E-state index in [-0.39, 0.29) is 0 Å². The molecule has 0 aromatic carbocycles. The van der Waals surface area contributed by atoms with E-state index in [1.54, 1.807) is 0 Å². The summed E-state index contributed by atoms with van der Waals surface area (Å²) in [5.41, 5.74) is 0. The van der Waals surface area contributed by atoms with Crippen molar-refractivity contribution in [2.24, 2.45) is 0 Å². The maximum Gasteiger partial charge on any atom is -0.00460 e. The minimum absolute atomic E-state index is 0.543. The molecule has 0 nitrogen and oxygen atoms in total. The van der Waals surface area contributed by atoms with Crippen molar-refractivity contribution in [1.29, 1.82) is 0 Å². The van der Waals surface area contributed by atoms with Gasteiger partial charge in [0.05, 0.1) is 0 Å². The number of hydrogen-bond donors (Lipinski definition) is 0. The van der Waals surface area contributed by atoms with Gasteiger partial charge < -0.3 is 0 Å². The Balaban J connectivity index is 4.09. The number of hydrogen-bond acceptors (Lipinski definition) is 0. The fourth-order valence-corrected chi connectivity index (χ4v) is 3.17. The lowest BCUT2D eigenvalue weighted by Gasteiger charge is -2.32. The molecule has 1 heteroatoms. The van der Waals surface area contributed by atoms with E-state index in [0.29, 0.717) is 0 Å². The van der Waals surface area contributed by atoms with E-state index >= 15 is 0 Å². The van der Waals surface area contributed by atoms with E-state index in [9.17, 15) is 0 Å². The molecule has 0 amide bonds. The summed E-state index contributed by atoms with van der Waals surface area (Å²) in [6.45, 7) is 11.3. The zero-order chi connectivity index (χ0) is 8.74. The van der Waals surface area contributed by atoms with Crippen LogP contribution in [0, 0.1) is 0 Å². The van der Waals surface area contributed by atoms with Crippen LogP contribution in [-0.4, -0.2) is 23.5 Å². The molecule has 0 saturated carbocycles. The molecule has 0 saturated heterocycles. The first kappa shape index (κ1) is 10.6. The van der Waals surface area contributed by atoms with Gasteiger partial charge in [-0.15, -0.1) is 19.7 Å². The van der Waals surface area contributed by atoms with Crippen molar-refractivity contribution in [2.75, 3.05) is 23.5 Å². The summed E-state index contributed by atoms with van der Waals surface area (Å²) in [6.07, 6.45) is 8.32. The molecule has 0 heterocycles. The number of rotatable bonds is 6. The van der Waals surface area contributed by atoms with Gasteiger partial charge >= 0.3 is 0 Å². The van der Waals surface area contributed by atoms with Crippen LogP contribution in [0.1, 0.15) is 0 Å². The zero-order valence-electron chi connectivity index (χ0n) is 7.38. The highest BCUT2D eigenvalue weighted by molar-refractivity contribution is 8.33. The summed E-state index contributed by atoms with van der Waals surface area (Å²) in [5.74, 6) is 3.35. The monoisotopic (exact) mass is 170 g/mol. The smallest absolute Gasteiger partial charge is 0.00460 e. The second-order valence-electron chi connectivity index (χ2n) is 2.84. The van der Waals surface area contributed by atoms with Crippen LogP contribution in [0.4, 0.5) is 0 Å². The molecule has 0 radical (unpaired) electrons. The van der Waals surface area contributed by atoms with E-state index in [4.69, 9.17) is 0 Å². The molecule has 0 aliphatic rings. The SMILES string of the molecule is C=CCS(C)(CC=C)CC=C. The maximum absolute atomic E-state index is 3.76. The Hall–Kier alpha value is -0.430. The Kier molecular flexibility index (Phi) is 5.05. The third kappa shape index (κ3) is 4.10. The van der Waals surface area contributed by atoms with E-state index in [1.165, 1.54) is 0 Å². The summed E-state index contributed by atoms with van der Waals surface area (Å²) in [5, 5.41) is 0. The molecule has 0 unspecified atom stereocenters. The fraction of sp³-hybridized carbons (Fsp3) is 0.400. The van der Waals surface area contributed by atoms with Crippen LogP contribution in [0.2, 0.25) is 0 Å². The van der Waals surface area contributed by atoms with Crippen molar-refractivity contribution < 1.29 is 0 Å². The van der Waals surface area contributed by atoms with Gasteiger partial charge in [-0.05, 0) is 23.5 Å². The lowest BCUT2D eigenvalue weighted by molar-refractivity contribution is 1.58. The highest BCUT2D eigenvalue weighted by Gasteiger charge is 2.11. The molecule has 0 aliphatic heterocycles. The molecule has 0 rings (SSSR count). The molecule has 0 bridgehead atoms. The fourth-order valence-electron chi connectivity index (χ4n) is 1.06. The van der Waals surface area contributed by atoms with Crippen LogP contribution >= 0.6 is 10.0 Å². The van der Waals surface area contributed by atoms with E-state index < -0.39 is 10.0 Å². The summed E-state index contributed by atoms with van der Waals surface area (Å²) in [6, 6.07) is 0. The average molecular weight is 170 g/mol. The van der Waals surface area contributed by atoms with Crippen molar-refractivity contribution in [3.05, 3.63) is 38.0 Å². The Morgan fingerprint density at radius 2 is 1.18 bits per heavy atom. The normalized spacial score (nSPS) is 12.1. The summed E-state index contributed by atoms with van der Waals surface area (Å²) >= 11 is 0. The molecule has 0 aromatic heterocycles. The van der Waals surface area contributed by atoms with Gasteiger partial charge in [0.2, 0.25) is 0 Å². The van der Waals surface area contributed by atoms with Gasteiger partial charge in [0.25, 0.3) is 0 Å². The standard InChI is InChI=1S/C10H18S/c1-5-8-11(4,9-6-2)10-7-3/h5-7H,1-3,8-10H2,4H3. The summed E-state index contributed by atoms with van der Waals surface area (Å²) < 4.78 is 0. The van der Waals surface area contributed by atoms with E-state index in [2.05, 4.69) is 26.0 Å². The van der Waals surface area contributed by atoms with Crippen molar-refractivity contribution in [1.82, 2.24) is 0 Å². The van der Waals surface area contributed by atoms with Gasteiger partial charge in [-0.25, -0.2) is 10.0 Å². The van der Waals surface area contributed by atoms with Gasteiger partial charge in [0.15, 0.2) is 0 Å². The van der Waals surface area contributed by atoms with Crippen LogP contribution in [0.25, 0.3) is 0 Å². The minimum atomic E-state index is -0.543. The molecular formula is C10H18S.